The van der Waals surface area contributed by atoms with Crippen LogP contribution in [0.3, 0.4) is 0 Å². The third kappa shape index (κ3) is 4.53. The van der Waals surface area contributed by atoms with Crippen molar-refractivity contribution in [3.05, 3.63) is 29.6 Å². The van der Waals surface area contributed by atoms with E-state index < -0.39 is 6.04 Å². The summed E-state index contributed by atoms with van der Waals surface area (Å²) in [5, 5.41) is 8.05. The quantitative estimate of drug-likeness (QED) is 0.759. The lowest BCUT2D eigenvalue weighted by Crippen LogP contribution is -2.45. The number of aromatic nitrogens is 1. The van der Waals surface area contributed by atoms with Gasteiger partial charge in [-0.25, -0.2) is 4.98 Å². The van der Waals surface area contributed by atoms with Crippen LogP contribution in [-0.2, 0) is 14.4 Å². The van der Waals surface area contributed by atoms with Crippen molar-refractivity contribution >= 4 is 39.9 Å². The molecule has 7 nitrogen and oxygen atoms in total. The van der Waals surface area contributed by atoms with Crippen LogP contribution in [0.1, 0.15) is 45.4 Å². The van der Waals surface area contributed by atoms with Crippen molar-refractivity contribution in [1.82, 2.24) is 9.88 Å². The molecule has 1 saturated carbocycles. The molecule has 2 N–H and O–H groups in total. The minimum absolute atomic E-state index is 0.0883. The van der Waals surface area contributed by atoms with Crippen LogP contribution in [0.4, 0.5) is 10.8 Å². The zero-order valence-electron chi connectivity index (χ0n) is 17.0. The second-order valence-electron chi connectivity index (χ2n) is 7.96. The van der Waals surface area contributed by atoms with Crippen molar-refractivity contribution in [1.29, 1.82) is 0 Å². The van der Waals surface area contributed by atoms with E-state index >= 15 is 0 Å². The second-order valence-corrected chi connectivity index (χ2v) is 8.81. The first kappa shape index (κ1) is 20.5. The lowest BCUT2D eigenvalue weighted by Gasteiger charge is -2.26. The molecule has 1 aromatic heterocycles. The molecular formula is C22H26N4O3S. The first-order chi connectivity index (χ1) is 14.5. The predicted octanol–water partition coefficient (Wildman–Crippen LogP) is 3.89. The molecule has 158 valence electrons. The van der Waals surface area contributed by atoms with E-state index in [1.807, 2.05) is 29.6 Å². The average molecular weight is 427 g/mol. The summed E-state index contributed by atoms with van der Waals surface area (Å²) < 4.78 is 0. The van der Waals surface area contributed by atoms with Crippen LogP contribution < -0.4 is 10.6 Å². The Hall–Kier alpha value is -2.74. The SMILES string of the molecule is CC(=O)Nc1ccc(-c2csc(NC(=O)C3CCCN3C(=O)C3CCCC3)n2)cc1. The Balaban J connectivity index is 1.39. The largest absolute Gasteiger partial charge is 0.330 e. The zero-order chi connectivity index (χ0) is 21.1. The predicted molar refractivity (Wildman–Crippen MR) is 117 cm³/mol. The summed E-state index contributed by atoms with van der Waals surface area (Å²) in [6.45, 7) is 2.13. The topological polar surface area (TPSA) is 91.4 Å². The molecule has 30 heavy (non-hydrogen) atoms. The number of rotatable bonds is 5. The molecule has 2 heterocycles. The van der Waals surface area contributed by atoms with Crippen LogP contribution in [-0.4, -0.2) is 40.2 Å². The van der Waals surface area contributed by atoms with Crippen molar-refractivity contribution in [3.8, 4) is 11.3 Å². The summed E-state index contributed by atoms with van der Waals surface area (Å²) in [7, 11) is 0. The van der Waals surface area contributed by atoms with Crippen LogP contribution in [0.25, 0.3) is 11.3 Å². The van der Waals surface area contributed by atoms with Gasteiger partial charge in [0.05, 0.1) is 5.69 Å². The molecule has 3 amide bonds. The van der Waals surface area contributed by atoms with Crippen LogP contribution >= 0.6 is 11.3 Å². The van der Waals surface area contributed by atoms with E-state index in [0.29, 0.717) is 18.1 Å². The highest BCUT2D eigenvalue weighted by Gasteiger charge is 2.38. The Kier molecular flexibility index (Phi) is 6.13. The highest BCUT2D eigenvalue weighted by atomic mass is 32.1. The van der Waals surface area contributed by atoms with Crippen molar-refractivity contribution in [2.45, 2.75) is 51.5 Å². The van der Waals surface area contributed by atoms with Gasteiger partial charge in [0.25, 0.3) is 0 Å². The summed E-state index contributed by atoms with van der Waals surface area (Å²) in [5.74, 6) is -0.0379. The molecule has 1 aromatic carbocycles. The Labute approximate surface area is 179 Å². The van der Waals surface area contributed by atoms with E-state index in [1.165, 1.54) is 18.3 Å². The molecule has 8 heteroatoms. The van der Waals surface area contributed by atoms with Gasteiger partial charge in [-0.1, -0.05) is 25.0 Å². The fraction of sp³-hybridized carbons (Fsp3) is 0.455. The molecular weight excluding hydrogens is 400 g/mol. The van der Waals surface area contributed by atoms with Gasteiger partial charge in [-0.15, -0.1) is 11.3 Å². The van der Waals surface area contributed by atoms with Crippen molar-refractivity contribution in [2.24, 2.45) is 5.92 Å². The Bertz CT molecular complexity index is 934. The van der Waals surface area contributed by atoms with Gasteiger partial charge in [0.2, 0.25) is 17.7 Å². The van der Waals surface area contributed by atoms with E-state index in [4.69, 9.17) is 0 Å². The number of amides is 3. The maximum atomic E-state index is 12.9. The minimum Gasteiger partial charge on any atom is -0.330 e. The number of nitrogens with zero attached hydrogens (tertiary/aromatic N) is 2. The van der Waals surface area contributed by atoms with E-state index in [1.54, 1.807) is 4.90 Å². The van der Waals surface area contributed by atoms with E-state index in [9.17, 15) is 14.4 Å². The molecule has 0 radical (unpaired) electrons. The van der Waals surface area contributed by atoms with Gasteiger partial charge < -0.3 is 15.5 Å². The number of hydrogen-bond donors (Lipinski definition) is 2. The third-order valence-corrected chi connectivity index (χ3v) is 6.54. The number of benzene rings is 1. The Morgan fingerprint density at radius 1 is 1.03 bits per heavy atom. The maximum Gasteiger partial charge on any atom is 0.248 e. The molecule has 1 unspecified atom stereocenters. The van der Waals surface area contributed by atoms with Gasteiger partial charge in [0.1, 0.15) is 6.04 Å². The molecule has 1 saturated heterocycles. The van der Waals surface area contributed by atoms with Crippen molar-refractivity contribution in [2.75, 3.05) is 17.2 Å². The summed E-state index contributed by atoms with van der Waals surface area (Å²) in [4.78, 5) is 43.1. The number of likely N-dealkylation sites (tertiary alicyclic amines) is 1. The van der Waals surface area contributed by atoms with Gasteiger partial charge in [0, 0.05) is 36.0 Å². The highest BCUT2D eigenvalue weighted by Crippen LogP contribution is 2.31. The molecule has 2 fully saturated rings. The summed E-state index contributed by atoms with van der Waals surface area (Å²) in [6.07, 6.45) is 5.66. The van der Waals surface area contributed by atoms with E-state index in [-0.39, 0.29) is 23.6 Å². The number of anilines is 2. The van der Waals surface area contributed by atoms with Crippen molar-refractivity contribution < 1.29 is 14.4 Å². The molecule has 1 aliphatic heterocycles. The maximum absolute atomic E-state index is 12.9. The third-order valence-electron chi connectivity index (χ3n) is 5.78. The average Bonchev–Trinajstić information content (AvgIpc) is 3.48. The van der Waals surface area contributed by atoms with Crippen molar-refractivity contribution in [3.63, 3.8) is 0 Å². The lowest BCUT2D eigenvalue weighted by molar-refractivity contribution is -0.140. The molecule has 0 bridgehead atoms. The number of carbonyl (C=O) groups excluding carboxylic acids is 3. The molecule has 1 atom stereocenters. The van der Waals surface area contributed by atoms with Crippen LogP contribution in [0, 0.1) is 5.92 Å². The number of nitrogens with one attached hydrogen (secondary N) is 2. The number of hydrogen-bond acceptors (Lipinski definition) is 5. The summed E-state index contributed by atoms with van der Waals surface area (Å²) >= 11 is 1.37. The second kappa shape index (κ2) is 8.95. The molecule has 2 aromatic rings. The molecule has 2 aliphatic rings. The summed E-state index contributed by atoms with van der Waals surface area (Å²) in [6, 6.07) is 7.00. The van der Waals surface area contributed by atoms with Gasteiger partial charge in [-0.3, -0.25) is 14.4 Å². The molecule has 0 spiro atoms. The minimum atomic E-state index is -0.401. The van der Waals surface area contributed by atoms with Gasteiger partial charge in [-0.05, 0) is 37.8 Å². The Morgan fingerprint density at radius 3 is 2.47 bits per heavy atom. The monoisotopic (exact) mass is 426 g/mol. The molecule has 1 aliphatic carbocycles. The van der Waals surface area contributed by atoms with Crippen LogP contribution in [0.15, 0.2) is 29.6 Å². The molecule has 4 rings (SSSR count). The van der Waals surface area contributed by atoms with Gasteiger partial charge in [-0.2, -0.15) is 0 Å². The number of carbonyl (C=O) groups is 3. The normalized spacial score (nSPS) is 19.1. The smallest absolute Gasteiger partial charge is 0.248 e. The summed E-state index contributed by atoms with van der Waals surface area (Å²) in [5.41, 5.74) is 2.39. The number of thiazole rings is 1. The van der Waals surface area contributed by atoms with E-state index in [0.717, 1.165) is 49.0 Å². The fourth-order valence-electron chi connectivity index (χ4n) is 4.29. The first-order valence-electron chi connectivity index (χ1n) is 10.5. The van der Waals surface area contributed by atoms with Gasteiger partial charge >= 0.3 is 0 Å². The van der Waals surface area contributed by atoms with E-state index in [2.05, 4.69) is 15.6 Å². The van der Waals surface area contributed by atoms with Gasteiger partial charge in [0.15, 0.2) is 5.13 Å². The standard InChI is InChI=1S/C22H26N4O3S/c1-14(27)23-17-10-8-15(9-11-17)18-13-30-22(24-18)25-20(28)19-7-4-12-26(19)21(29)16-5-2-3-6-16/h8-11,13,16,19H,2-7,12H2,1H3,(H,23,27)(H,24,25,28). The van der Waals surface area contributed by atoms with Crippen LogP contribution in [0.2, 0.25) is 0 Å². The highest BCUT2D eigenvalue weighted by molar-refractivity contribution is 7.14. The Morgan fingerprint density at radius 2 is 1.77 bits per heavy atom. The van der Waals surface area contributed by atoms with Crippen LogP contribution in [0.5, 0.6) is 0 Å². The lowest BCUT2D eigenvalue weighted by atomic mass is 10.1. The fourth-order valence-corrected chi connectivity index (χ4v) is 5.01. The first-order valence-corrected chi connectivity index (χ1v) is 11.3. The zero-order valence-corrected chi connectivity index (χ0v) is 17.8.